The first-order valence-electron chi connectivity index (χ1n) is 12.6. The van der Waals surface area contributed by atoms with Gasteiger partial charge in [0.15, 0.2) is 0 Å². The van der Waals surface area contributed by atoms with Crippen LogP contribution in [0.3, 0.4) is 0 Å². The monoisotopic (exact) mass is 511 g/mol. The SMILES string of the molecule is Cc1cc(O)cc(C)c1CC(NC(=O)OC(C)(C)C)C(=O)N(C(C)CCc1ccccc1)[C@H](C)C(N)=O. The van der Waals surface area contributed by atoms with Crippen molar-refractivity contribution in [2.75, 3.05) is 0 Å². The predicted molar refractivity (Wildman–Crippen MR) is 144 cm³/mol. The minimum atomic E-state index is -1.02. The molecule has 0 saturated carbocycles. The van der Waals surface area contributed by atoms with Gasteiger partial charge in [-0.2, -0.15) is 0 Å². The number of rotatable bonds is 10. The normalized spacial score (nSPS) is 13.8. The molecule has 2 unspecified atom stereocenters. The molecule has 0 heterocycles. The zero-order valence-corrected chi connectivity index (χ0v) is 23.0. The highest BCUT2D eigenvalue weighted by atomic mass is 16.6. The third-order valence-electron chi connectivity index (χ3n) is 6.33. The molecule has 2 rings (SSSR count). The summed E-state index contributed by atoms with van der Waals surface area (Å²) in [6.07, 6.45) is 0.730. The molecule has 8 nitrogen and oxygen atoms in total. The summed E-state index contributed by atoms with van der Waals surface area (Å²) < 4.78 is 5.44. The van der Waals surface area contributed by atoms with Gasteiger partial charge in [0.2, 0.25) is 11.8 Å². The van der Waals surface area contributed by atoms with Crippen LogP contribution >= 0.6 is 0 Å². The number of aromatic hydroxyl groups is 1. The average molecular weight is 512 g/mol. The van der Waals surface area contributed by atoms with Crippen molar-refractivity contribution in [3.05, 3.63) is 64.7 Å². The lowest BCUT2D eigenvalue weighted by Gasteiger charge is -2.36. The van der Waals surface area contributed by atoms with Crippen LogP contribution in [0.25, 0.3) is 0 Å². The summed E-state index contributed by atoms with van der Waals surface area (Å²) >= 11 is 0. The van der Waals surface area contributed by atoms with Crippen molar-refractivity contribution in [3.63, 3.8) is 0 Å². The van der Waals surface area contributed by atoms with E-state index >= 15 is 0 Å². The molecule has 0 aliphatic rings. The number of carbonyl (C=O) groups is 3. The second-order valence-electron chi connectivity index (χ2n) is 10.7. The van der Waals surface area contributed by atoms with Crippen molar-refractivity contribution >= 4 is 17.9 Å². The Balaban J connectivity index is 2.41. The van der Waals surface area contributed by atoms with Crippen LogP contribution in [-0.2, 0) is 27.2 Å². The molecule has 37 heavy (non-hydrogen) atoms. The zero-order chi connectivity index (χ0) is 27.9. The van der Waals surface area contributed by atoms with Crippen LogP contribution in [0.15, 0.2) is 42.5 Å². The van der Waals surface area contributed by atoms with E-state index in [1.165, 1.54) is 4.90 Å². The summed E-state index contributed by atoms with van der Waals surface area (Å²) in [7, 11) is 0. The van der Waals surface area contributed by atoms with E-state index in [1.807, 2.05) is 51.1 Å². The molecule has 0 radical (unpaired) electrons. The van der Waals surface area contributed by atoms with Gasteiger partial charge in [-0.3, -0.25) is 9.59 Å². The van der Waals surface area contributed by atoms with Gasteiger partial charge in [0.1, 0.15) is 23.4 Å². The lowest BCUT2D eigenvalue weighted by molar-refractivity contribution is -0.143. The number of primary amides is 1. The second kappa shape index (κ2) is 12.6. The van der Waals surface area contributed by atoms with Gasteiger partial charge >= 0.3 is 6.09 Å². The number of nitrogens with zero attached hydrogens (tertiary/aromatic N) is 1. The Hall–Kier alpha value is -3.55. The van der Waals surface area contributed by atoms with Gasteiger partial charge in [-0.1, -0.05) is 30.3 Å². The average Bonchev–Trinajstić information content (AvgIpc) is 2.78. The minimum Gasteiger partial charge on any atom is -0.508 e. The molecule has 0 fully saturated rings. The highest BCUT2D eigenvalue weighted by Gasteiger charge is 2.35. The minimum absolute atomic E-state index is 0.125. The number of phenols is 1. The highest BCUT2D eigenvalue weighted by molar-refractivity contribution is 5.91. The molecule has 2 aromatic rings. The van der Waals surface area contributed by atoms with Gasteiger partial charge in [-0.25, -0.2) is 4.79 Å². The van der Waals surface area contributed by atoms with Gasteiger partial charge in [-0.05, 0) is 95.7 Å². The van der Waals surface area contributed by atoms with Crippen molar-refractivity contribution in [1.29, 1.82) is 0 Å². The summed E-state index contributed by atoms with van der Waals surface area (Å²) in [5, 5.41) is 12.7. The number of hydrogen-bond acceptors (Lipinski definition) is 5. The van der Waals surface area contributed by atoms with Gasteiger partial charge in [-0.15, -0.1) is 0 Å². The topological polar surface area (TPSA) is 122 Å². The number of aryl methyl sites for hydroxylation is 3. The lowest BCUT2D eigenvalue weighted by Crippen LogP contribution is -2.58. The van der Waals surface area contributed by atoms with Crippen LogP contribution in [0.1, 0.15) is 63.3 Å². The largest absolute Gasteiger partial charge is 0.508 e. The van der Waals surface area contributed by atoms with Gasteiger partial charge < -0.3 is 25.8 Å². The number of phenolic OH excluding ortho intramolecular Hbond substituents is 1. The quantitative estimate of drug-likeness (QED) is 0.442. The van der Waals surface area contributed by atoms with Gasteiger partial charge in [0.25, 0.3) is 0 Å². The first-order valence-corrected chi connectivity index (χ1v) is 12.6. The number of hydrogen-bond donors (Lipinski definition) is 3. The standard InChI is InChI=1S/C29H41N3O5/c1-18-15-23(33)16-19(2)24(18)17-25(31-28(36)37-29(5,6)7)27(35)32(21(4)26(30)34)20(3)13-14-22-11-9-8-10-12-22/h8-12,15-16,20-21,25,33H,13-14,17H2,1-7H3,(H2,30,34)(H,31,36)/t20?,21-,25?/m1/s1. The number of nitrogens with one attached hydrogen (secondary N) is 1. The summed E-state index contributed by atoms with van der Waals surface area (Å²) in [5.41, 5.74) is 8.39. The Labute approximate surface area is 220 Å². The van der Waals surface area contributed by atoms with E-state index < -0.39 is 35.6 Å². The molecular weight excluding hydrogens is 470 g/mol. The van der Waals surface area contributed by atoms with E-state index in [1.54, 1.807) is 39.8 Å². The van der Waals surface area contributed by atoms with E-state index in [9.17, 15) is 19.5 Å². The number of benzene rings is 2. The molecule has 0 aliphatic heterocycles. The maximum Gasteiger partial charge on any atom is 0.408 e. The Bertz CT molecular complexity index is 1070. The van der Waals surface area contributed by atoms with Crippen molar-refractivity contribution in [2.24, 2.45) is 5.73 Å². The van der Waals surface area contributed by atoms with Gasteiger partial charge in [0, 0.05) is 12.5 Å². The number of carbonyl (C=O) groups excluding carboxylic acids is 3. The summed E-state index contributed by atoms with van der Waals surface area (Å²) in [4.78, 5) is 40.5. The lowest BCUT2D eigenvalue weighted by atomic mass is 9.94. The number of ether oxygens (including phenoxy) is 1. The fourth-order valence-electron chi connectivity index (χ4n) is 4.41. The van der Waals surface area contributed by atoms with E-state index in [0.29, 0.717) is 12.8 Å². The Morgan fingerprint density at radius 1 is 1.05 bits per heavy atom. The molecule has 3 amide bonds. The summed E-state index contributed by atoms with van der Waals surface area (Å²) in [6, 6.07) is 10.9. The maximum absolute atomic E-state index is 14.0. The molecular formula is C29H41N3O5. The molecule has 0 bridgehead atoms. The Morgan fingerprint density at radius 2 is 1.62 bits per heavy atom. The van der Waals surface area contributed by atoms with E-state index in [0.717, 1.165) is 22.3 Å². The molecule has 202 valence electrons. The van der Waals surface area contributed by atoms with E-state index in [2.05, 4.69) is 5.32 Å². The van der Waals surface area contributed by atoms with Crippen LogP contribution in [0, 0.1) is 13.8 Å². The van der Waals surface area contributed by atoms with Crippen LogP contribution in [0.5, 0.6) is 5.75 Å². The fourth-order valence-corrected chi connectivity index (χ4v) is 4.41. The molecule has 3 atom stereocenters. The molecule has 0 aliphatic carbocycles. The first kappa shape index (κ1) is 29.7. The number of nitrogens with two attached hydrogens (primary N) is 1. The predicted octanol–water partition coefficient (Wildman–Crippen LogP) is 4.17. The van der Waals surface area contributed by atoms with Crippen molar-refractivity contribution in [3.8, 4) is 5.75 Å². The van der Waals surface area contributed by atoms with Crippen molar-refractivity contribution in [2.45, 2.75) is 91.5 Å². The first-order chi connectivity index (χ1) is 17.2. The highest BCUT2D eigenvalue weighted by Crippen LogP contribution is 2.24. The molecule has 0 aromatic heterocycles. The van der Waals surface area contributed by atoms with Gasteiger partial charge in [0.05, 0.1) is 0 Å². The molecule has 8 heteroatoms. The molecule has 2 aromatic carbocycles. The Kier molecular flexibility index (Phi) is 10.1. The zero-order valence-electron chi connectivity index (χ0n) is 23.0. The smallest absolute Gasteiger partial charge is 0.408 e. The maximum atomic E-state index is 14.0. The molecule has 4 N–H and O–H groups in total. The molecule has 0 saturated heterocycles. The summed E-state index contributed by atoms with van der Waals surface area (Å²) in [5.74, 6) is -0.933. The van der Waals surface area contributed by atoms with Crippen LogP contribution in [0.4, 0.5) is 4.79 Å². The fraction of sp³-hybridized carbons (Fsp3) is 0.483. The third-order valence-corrected chi connectivity index (χ3v) is 6.33. The van der Waals surface area contributed by atoms with Crippen LogP contribution in [0.2, 0.25) is 0 Å². The van der Waals surface area contributed by atoms with Crippen molar-refractivity contribution in [1.82, 2.24) is 10.2 Å². The Morgan fingerprint density at radius 3 is 2.14 bits per heavy atom. The third kappa shape index (κ3) is 8.81. The second-order valence-corrected chi connectivity index (χ2v) is 10.7. The molecule has 0 spiro atoms. The van der Waals surface area contributed by atoms with Crippen LogP contribution < -0.4 is 11.1 Å². The van der Waals surface area contributed by atoms with Crippen LogP contribution in [-0.4, -0.2) is 51.6 Å². The van der Waals surface area contributed by atoms with E-state index in [-0.39, 0.29) is 18.2 Å². The number of alkyl carbamates (subject to hydrolysis) is 1. The van der Waals surface area contributed by atoms with Crippen molar-refractivity contribution < 1.29 is 24.2 Å². The number of amides is 3. The summed E-state index contributed by atoms with van der Waals surface area (Å²) in [6.45, 7) is 12.4. The van der Waals surface area contributed by atoms with E-state index in [4.69, 9.17) is 10.5 Å².